The maximum Gasteiger partial charge on any atom is 0.342 e. The molecule has 0 radical (unpaired) electrons. The van der Waals surface area contributed by atoms with Crippen molar-refractivity contribution in [3.63, 3.8) is 0 Å². The van der Waals surface area contributed by atoms with Gasteiger partial charge in [-0.15, -0.1) is 0 Å². The van der Waals surface area contributed by atoms with E-state index in [1.165, 1.54) is 12.1 Å². The molecule has 2 atom stereocenters. The molecule has 2 aromatic rings. The number of ether oxygens (including phenoxy) is 2. The minimum Gasteiger partial charge on any atom is -0.508 e. The topological polar surface area (TPSA) is 93.1 Å². The van der Waals surface area contributed by atoms with E-state index < -0.39 is 17.8 Å². The first kappa shape index (κ1) is 20.6. The summed E-state index contributed by atoms with van der Waals surface area (Å²) >= 11 is 0. The molecule has 3 rings (SSSR count). The molecule has 0 aliphatic carbocycles. The number of rotatable bonds is 1. The number of allylic oxidation sites excluding steroid dienone is 1. The molecule has 0 saturated carbocycles. The lowest BCUT2D eigenvalue weighted by Gasteiger charge is -2.23. The number of carbonyl (C=O) groups is 2. The SMILES string of the molecule is CC1C[C@H](c2ccccc2)OC(=O)c2c(O)cc(O)cc2CC(=O)/C=C/CCO1. The smallest absolute Gasteiger partial charge is 0.342 e. The summed E-state index contributed by atoms with van der Waals surface area (Å²) < 4.78 is 11.5. The summed E-state index contributed by atoms with van der Waals surface area (Å²) in [4.78, 5) is 25.2. The third-order valence-corrected chi connectivity index (χ3v) is 4.71. The summed E-state index contributed by atoms with van der Waals surface area (Å²) in [5, 5.41) is 20.1. The first-order valence-corrected chi connectivity index (χ1v) is 9.55. The lowest BCUT2D eigenvalue weighted by atomic mass is 9.99. The van der Waals surface area contributed by atoms with Gasteiger partial charge in [0, 0.05) is 18.9 Å². The van der Waals surface area contributed by atoms with Crippen molar-refractivity contribution in [3.05, 3.63) is 71.3 Å². The molecular weight excluding hydrogens is 372 g/mol. The molecule has 1 heterocycles. The second kappa shape index (κ2) is 9.39. The Bertz CT molecular complexity index is 903. The van der Waals surface area contributed by atoms with Crippen LogP contribution < -0.4 is 0 Å². The molecule has 0 saturated heterocycles. The minimum atomic E-state index is -0.757. The minimum absolute atomic E-state index is 0.115. The summed E-state index contributed by atoms with van der Waals surface area (Å²) in [7, 11) is 0. The molecule has 29 heavy (non-hydrogen) atoms. The van der Waals surface area contributed by atoms with Crippen LogP contribution in [-0.4, -0.2) is 34.7 Å². The summed E-state index contributed by atoms with van der Waals surface area (Å²) in [5.74, 6) is -1.67. The molecule has 152 valence electrons. The zero-order valence-electron chi connectivity index (χ0n) is 16.2. The summed E-state index contributed by atoms with van der Waals surface area (Å²) in [6.07, 6.45) is 3.23. The number of phenolic OH excluding ortho intramolecular Hbond substituents is 2. The highest BCUT2D eigenvalue weighted by Crippen LogP contribution is 2.32. The van der Waals surface area contributed by atoms with Gasteiger partial charge in [-0.05, 0) is 36.6 Å². The highest BCUT2D eigenvalue weighted by molar-refractivity contribution is 5.98. The highest BCUT2D eigenvalue weighted by Gasteiger charge is 2.26. The first-order valence-electron chi connectivity index (χ1n) is 9.55. The Morgan fingerprint density at radius 3 is 2.59 bits per heavy atom. The molecule has 0 spiro atoms. The maximum atomic E-state index is 13.0. The van der Waals surface area contributed by atoms with Crippen molar-refractivity contribution in [3.8, 4) is 11.5 Å². The molecule has 0 aromatic heterocycles. The molecule has 0 amide bonds. The standard InChI is InChI=1S/C23H24O6/c1-15-11-21(16-7-3-2-4-8-16)29-23(27)22-17(13-19(25)14-20(22)26)12-18(24)9-5-6-10-28-15/h2-5,7-9,13-15,21,25-26H,6,10-12H2,1H3/b9-5+/t15?,21-/m1/s1. The molecule has 2 aromatic carbocycles. The lowest BCUT2D eigenvalue weighted by Crippen LogP contribution is -2.20. The van der Waals surface area contributed by atoms with Crippen molar-refractivity contribution in [2.45, 2.75) is 38.4 Å². The van der Waals surface area contributed by atoms with Crippen LogP contribution in [0.1, 0.15) is 47.4 Å². The van der Waals surface area contributed by atoms with Gasteiger partial charge in [0.25, 0.3) is 0 Å². The number of esters is 1. The fourth-order valence-electron chi connectivity index (χ4n) is 3.32. The first-order chi connectivity index (χ1) is 13.9. The van der Waals surface area contributed by atoms with E-state index in [4.69, 9.17) is 9.47 Å². The fourth-order valence-corrected chi connectivity index (χ4v) is 3.32. The predicted octanol–water partition coefficient (Wildman–Crippen LogP) is 3.86. The van der Waals surface area contributed by atoms with Crippen molar-refractivity contribution in [1.82, 2.24) is 0 Å². The second-order valence-electron chi connectivity index (χ2n) is 7.05. The number of benzene rings is 2. The normalized spacial score (nSPS) is 22.2. The monoisotopic (exact) mass is 396 g/mol. The molecule has 0 fully saturated rings. The molecular formula is C23H24O6. The predicted molar refractivity (Wildman–Crippen MR) is 107 cm³/mol. The van der Waals surface area contributed by atoms with E-state index in [9.17, 15) is 19.8 Å². The molecule has 1 unspecified atom stereocenters. The summed E-state index contributed by atoms with van der Waals surface area (Å²) in [6, 6.07) is 11.7. The van der Waals surface area contributed by atoms with Crippen LogP contribution in [0.3, 0.4) is 0 Å². The Labute approximate surface area is 169 Å². The zero-order chi connectivity index (χ0) is 20.8. The van der Waals surface area contributed by atoms with Gasteiger partial charge in [0.05, 0.1) is 12.7 Å². The van der Waals surface area contributed by atoms with Crippen molar-refractivity contribution >= 4 is 11.8 Å². The Morgan fingerprint density at radius 1 is 1.07 bits per heavy atom. The summed E-state index contributed by atoms with van der Waals surface area (Å²) in [6.45, 7) is 2.34. The van der Waals surface area contributed by atoms with Gasteiger partial charge in [0.2, 0.25) is 0 Å². The zero-order valence-corrected chi connectivity index (χ0v) is 16.2. The van der Waals surface area contributed by atoms with E-state index >= 15 is 0 Å². The average Bonchev–Trinajstić information content (AvgIpc) is 2.66. The van der Waals surface area contributed by atoms with Crippen molar-refractivity contribution in [2.75, 3.05) is 6.61 Å². The Hall–Kier alpha value is -3.12. The maximum absolute atomic E-state index is 13.0. The number of hydrogen-bond acceptors (Lipinski definition) is 6. The van der Waals surface area contributed by atoms with Gasteiger partial charge in [-0.3, -0.25) is 4.79 Å². The van der Waals surface area contributed by atoms with Crippen LogP contribution >= 0.6 is 0 Å². The molecule has 1 aliphatic heterocycles. The van der Waals surface area contributed by atoms with Crippen LogP contribution in [0.4, 0.5) is 0 Å². The average molecular weight is 396 g/mol. The van der Waals surface area contributed by atoms with Gasteiger partial charge in [-0.2, -0.15) is 0 Å². The van der Waals surface area contributed by atoms with E-state index in [1.54, 1.807) is 6.08 Å². The van der Waals surface area contributed by atoms with Crippen LogP contribution in [-0.2, 0) is 20.7 Å². The van der Waals surface area contributed by atoms with Crippen LogP contribution in [0.15, 0.2) is 54.6 Å². The molecule has 2 N–H and O–H groups in total. The van der Waals surface area contributed by atoms with Gasteiger partial charge >= 0.3 is 5.97 Å². The third kappa shape index (κ3) is 5.45. The van der Waals surface area contributed by atoms with E-state index in [2.05, 4.69) is 0 Å². The number of ketones is 1. The van der Waals surface area contributed by atoms with E-state index in [0.29, 0.717) is 19.4 Å². The third-order valence-electron chi connectivity index (χ3n) is 4.71. The van der Waals surface area contributed by atoms with Gasteiger partial charge in [-0.1, -0.05) is 36.4 Å². The van der Waals surface area contributed by atoms with Crippen LogP contribution in [0.5, 0.6) is 11.5 Å². The summed E-state index contributed by atoms with van der Waals surface area (Å²) in [5.41, 5.74) is 0.908. The van der Waals surface area contributed by atoms with E-state index in [-0.39, 0.29) is 35.2 Å². The largest absolute Gasteiger partial charge is 0.508 e. The van der Waals surface area contributed by atoms with Gasteiger partial charge in [0.1, 0.15) is 23.2 Å². The molecule has 6 nitrogen and oxygen atoms in total. The van der Waals surface area contributed by atoms with Crippen molar-refractivity contribution in [2.24, 2.45) is 0 Å². The number of fused-ring (bicyclic) bond motifs is 1. The Balaban J connectivity index is 2.01. The van der Waals surface area contributed by atoms with Crippen molar-refractivity contribution in [1.29, 1.82) is 0 Å². The van der Waals surface area contributed by atoms with E-state index in [0.717, 1.165) is 11.6 Å². The van der Waals surface area contributed by atoms with Crippen molar-refractivity contribution < 1.29 is 29.3 Å². The lowest BCUT2D eigenvalue weighted by molar-refractivity contribution is -0.114. The highest BCUT2D eigenvalue weighted by atomic mass is 16.5. The van der Waals surface area contributed by atoms with Crippen LogP contribution in [0, 0.1) is 0 Å². The van der Waals surface area contributed by atoms with Gasteiger partial charge in [0.15, 0.2) is 5.78 Å². The molecule has 0 bridgehead atoms. The number of aromatic hydroxyl groups is 2. The Kier molecular flexibility index (Phi) is 6.67. The van der Waals surface area contributed by atoms with Gasteiger partial charge in [-0.25, -0.2) is 4.79 Å². The van der Waals surface area contributed by atoms with Crippen LogP contribution in [0.25, 0.3) is 0 Å². The number of hydrogen-bond donors (Lipinski definition) is 2. The second-order valence-corrected chi connectivity index (χ2v) is 7.05. The number of phenols is 2. The van der Waals surface area contributed by atoms with Gasteiger partial charge < -0.3 is 19.7 Å². The fraction of sp³-hybridized carbons (Fsp3) is 0.304. The number of carbonyl (C=O) groups excluding carboxylic acids is 2. The number of cyclic esters (lactones) is 1. The quantitative estimate of drug-likeness (QED) is 0.711. The Morgan fingerprint density at radius 2 is 1.83 bits per heavy atom. The molecule has 6 heteroatoms. The van der Waals surface area contributed by atoms with Crippen LogP contribution in [0.2, 0.25) is 0 Å². The molecule has 1 aliphatic rings. The van der Waals surface area contributed by atoms with E-state index in [1.807, 2.05) is 37.3 Å².